The van der Waals surface area contributed by atoms with Crippen molar-refractivity contribution < 1.29 is 69.4 Å². The summed E-state index contributed by atoms with van der Waals surface area (Å²) in [5.74, 6) is -1.72. The third kappa shape index (κ3) is 23.2. The van der Waals surface area contributed by atoms with Crippen LogP contribution in [-0.2, 0) is 38.1 Å². The average molecular weight is 846 g/mol. The van der Waals surface area contributed by atoms with Gasteiger partial charge in [-0.15, -0.1) is 0 Å². The largest absolute Gasteiger partial charge is 2.00 e. The van der Waals surface area contributed by atoms with Gasteiger partial charge in [0.1, 0.15) is 23.3 Å². The molecular weight excluding hydrogens is 789 g/mol. The molecule has 0 bridgehead atoms. The van der Waals surface area contributed by atoms with Crippen molar-refractivity contribution in [1.82, 2.24) is 10.2 Å². The van der Waals surface area contributed by atoms with Crippen molar-refractivity contribution in [1.29, 1.82) is 0 Å². The van der Waals surface area contributed by atoms with Crippen molar-refractivity contribution in [3.05, 3.63) is 71.3 Å². The number of halogens is 1. The maximum Gasteiger partial charge on any atom is 2.00 e. The predicted octanol–water partition coefficient (Wildman–Crippen LogP) is 3.32. The topological polar surface area (TPSA) is 164 Å². The first-order chi connectivity index (χ1) is 24.8. The summed E-state index contributed by atoms with van der Waals surface area (Å²) in [5.41, 5.74) is 1.54. The van der Waals surface area contributed by atoms with E-state index in [1.807, 2.05) is 43.3 Å². The Bertz CT molecular complexity index is 1470. The zero-order valence-electron chi connectivity index (χ0n) is 34.0. The van der Waals surface area contributed by atoms with Crippen LogP contribution in [0.25, 0.3) is 0 Å². The van der Waals surface area contributed by atoms with Crippen LogP contribution in [0.5, 0.6) is 0 Å². The van der Waals surface area contributed by atoms with Crippen molar-refractivity contribution >= 4 is 58.9 Å². The number of methoxy groups -OCH3 is 2. The van der Waals surface area contributed by atoms with Crippen molar-refractivity contribution in [2.24, 2.45) is 0 Å². The number of Topliss-reactive ketones (excluding diaryl/α,β-unsaturated/α-hetero) is 1. The molecule has 13 nitrogen and oxygen atoms in total. The summed E-state index contributed by atoms with van der Waals surface area (Å²) in [6.07, 6.45) is 1.72. The number of hydrogen-bond acceptors (Lipinski definition) is 11. The van der Waals surface area contributed by atoms with Crippen molar-refractivity contribution in [3.8, 4) is 0 Å². The second-order valence-electron chi connectivity index (χ2n) is 14.3. The monoisotopic (exact) mass is 844 g/mol. The third-order valence-electron chi connectivity index (χ3n) is 7.20. The molecule has 1 N–H and O–H groups in total. The Morgan fingerprint density at radius 2 is 1.38 bits per heavy atom. The van der Waals surface area contributed by atoms with E-state index < -0.39 is 53.3 Å². The number of benzene rings is 2. The zero-order valence-corrected chi connectivity index (χ0v) is 37.0. The van der Waals surface area contributed by atoms with Gasteiger partial charge in [0.2, 0.25) is 5.91 Å². The van der Waals surface area contributed by atoms with Gasteiger partial charge in [-0.3, -0.25) is 9.59 Å². The number of hydrogen-bond donors (Lipinski definition) is 1. The smallest absolute Gasteiger partial charge is 1.00 e. The first kappa shape index (κ1) is 53.6. The average Bonchev–Trinajstić information content (AvgIpc) is 3.79. The molecule has 0 radical (unpaired) electrons. The van der Waals surface area contributed by atoms with E-state index in [-0.39, 0.29) is 71.5 Å². The maximum atomic E-state index is 12.2. The van der Waals surface area contributed by atoms with Gasteiger partial charge >= 0.3 is 47.2 Å². The zero-order chi connectivity index (χ0) is 40.2. The maximum absolute atomic E-state index is 12.2. The van der Waals surface area contributed by atoms with Gasteiger partial charge < -0.3 is 46.0 Å². The van der Waals surface area contributed by atoms with Crippen LogP contribution < -0.4 is 22.3 Å². The molecule has 4 rings (SSSR count). The standard InChI is InChI=1S/C18H25NO5.C11H17NO5.C7H7.C4H8O.BrH.Mg/c1-12-6-8-13(9-7-12)15(20)11-10-14(16(21)23-5)19-17(22)24-18(2,3)4;1-11(2,3)17-10(15)12-7(9(14)16-4)5-6-8(12)13;1-7-5-3-2-4-6-7;1-2-4-5-3-1;;/h6-9,14H,10-11H2,1-5H3,(H,19,22);7H,5-6H2,1-4H3;3-6H,1H3;1-4H2;1H;/q;;-1;;;+2/p-1/t14-;;;;;/m0...../s1. The fraction of sp³-hybridized carbons (Fsp3) is 0.550. The molecule has 0 spiro atoms. The predicted molar refractivity (Wildman–Crippen MR) is 204 cm³/mol. The van der Waals surface area contributed by atoms with E-state index in [9.17, 15) is 28.8 Å². The minimum Gasteiger partial charge on any atom is -1.00 e. The number of amides is 3. The summed E-state index contributed by atoms with van der Waals surface area (Å²) in [6.45, 7) is 16.2. The fourth-order valence-corrected chi connectivity index (χ4v) is 4.56. The summed E-state index contributed by atoms with van der Waals surface area (Å²) < 4.78 is 24.4. The summed E-state index contributed by atoms with van der Waals surface area (Å²) in [7, 11) is 2.45. The fourth-order valence-electron chi connectivity index (χ4n) is 4.56. The van der Waals surface area contributed by atoms with Crippen molar-refractivity contribution in [2.75, 3.05) is 27.4 Å². The van der Waals surface area contributed by atoms with Crippen LogP contribution in [0.15, 0.2) is 48.5 Å². The molecule has 0 saturated carbocycles. The minimum atomic E-state index is -0.931. The van der Waals surface area contributed by atoms with E-state index in [1.54, 1.807) is 53.7 Å². The molecule has 0 aromatic heterocycles. The number of nitrogens with one attached hydrogen (secondary N) is 1. The normalized spacial score (nSPS) is 14.9. The van der Waals surface area contributed by atoms with E-state index in [0.29, 0.717) is 5.56 Å². The number of ether oxygens (including phenoxy) is 5. The number of nitrogens with zero attached hydrogens (tertiary/aromatic N) is 1. The van der Waals surface area contributed by atoms with Crippen molar-refractivity contribution in [2.45, 2.75) is 117 Å². The number of carbonyl (C=O) groups is 6. The molecule has 2 aliphatic rings. The van der Waals surface area contributed by atoms with Gasteiger partial charge in [0, 0.05) is 31.6 Å². The molecule has 2 saturated heterocycles. The van der Waals surface area contributed by atoms with E-state index >= 15 is 0 Å². The Morgan fingerprint density at radius 3 is 1.80 bits per heavy atom. The minimum absolute atomic E-state index is 0. The van der Waals surface area contributed by atoms with Gasteiger partial charge in [0.15, 0.2) is 5.78 Å². The van der Waals surface area contributed by atoms with Gasteiger partial charge in [0.05, 0.1) is 14.2 Å². The van der Waals surface area contributed by atoms with Crippen LogP contribution in [0.1, 0.15) is 102 Å². The van der Waals surface area contributed by atoms with Gasteiger partial charge in [0.25, 0.3) is 0 Å². The third-order valence-corrected chi connectivity index (χ3v) is 7.20. The quantitative estimate of drug-likeness (QED) is 0.143. The summed E-state index contributed by atoms with van der Waals surface area (Å²) in [5, 5.41) is 2.45. The first-order valence-corrected chi connectivity index (χ1v) is 17.6. The molecule has 2 fully saturated rings. The summed E-state index contributed by atoms with van der Waals surface area (Å²) in [4.78, 5) is 71.4. The number of rotatable bonds is 7. The molecule has 15 heteroatoms. The molecule has 2 aromatic rings. The number of carbonyl (C=O) groups excluding carboxylic acids is 6. The van der Waals surface area contributed by atoms with E-state index in [0.717, 1.165) is 23.7 Å². The number of likely N-dealkylation sites (tertiary alicyclic amines) is 1. The van der Waals surface area contributed by atoms with Crippen LogP contribution in [0.4, 0.5) is 9.59 Å². The molecule has 2 atom stereocenters. The molecule has 302 valence electrons. The number of esters is 2. The molecule has 3 amide bonds. The van der Waals surface area contributed by atoms with E-state index in [2.05, 4.69) is 27.8 Å². The van der Waals surface area contributed by atoms with Crippen molar-refractivity contribution in [3.63, 3.8) is 0 Å². The molecule has 2 aromatic carbocycles. The van der Waals surface area contributed by atoms with E-state index in [4.69, 9.17) is 14.2 Å². The molecule has 2 heterocycles. The van der Waals surface area contributed by atoms with Gasteiger partial charge in [-0.2, -0.15) is 35.9 Å². The molecule has 0 aliphatic carbocycles. The molecule has 55 heavy (non-hydrogen) atoms. The van der Waals surface area contributed by atoms with Crippen LogP contribution in [0.2, 0.25) is 0 Å². The Kier molecular flexibility index (Phi) is 26.4. The molecular formula is C40H57BrMgN2O11. The van der Waals surface area contributed by atoms with Gasteiger partial charge in [-0.25, -0.2) is 24.1 Å². The van der Waals surface area contributed by atoms with Crippen LogP contribution in [0.3, 0.4) is 0 Å². The number of ketones is 1. The van der Waals surface area contributed by atoms with Crippen LogP contribution in [0, 0.1) is 19.9 Å². The molecule has 2 aliphatic heterocycles. The Hall–Kier alpha value is -3.53. The van der Waals surface area contributed by atoms with E-state index in [1.165, 1.54) is 32.6 Å². The van der Waals surface area contributed by atoms with Crippen LogP contribution in [-0.4, -0.2) is 114 Å². The van der Waals surface area contributed by atoms with Crippen LogP contribution >= 0.6 is 0 Å². The first-order valence-electron chi connectivity index (χ1n) is 17.6. The van der Waals surface area contributed by atoms with Gasteiger partial charge in [-0.05, 0) is 74.1 Å². The number of alkyl carbamates (subject to hydrolysis) is 1. The Balaban J connectivity index is 0. The SMILES string of the molecule is C1CCOC1.COC(=O)C1CCC(=O)N1C(=O)OC(C)(C)C.COC(=O)[C@H](CCC(=O)c1ccc(C)cc1)NC(=O)OC(C)(C)C.Cc1cc[c-]cc1.[Br-].[Mg+2]. The second kappa shape index (κ2) is 27.1. The summed E-state index contributed by atoms with van der Waals surface area (Å²) >= 11 is 0. The summed E-state index contributed by atoms with van der Waals surface area (Å²) in [6, 6.07) is 16.2. The Morgan fingerprint density at radius 1 is 0.855 bits per heavy atom. The number of imide groups is 1. The second-order valence-corrected chi connectivity index (χ2v) is 14.3. The number of aryl methyl sites for hydroxylation is 2. The Labute approximate surface area is 352 Å². The van der Waals surface area contributed by atoms with Gasteiger partial charge in [-0.1, -0.05) is 36.8 Å². The molecule has 1 unspecified atom stereocenters.